The number of ether oxygens (including phenoxy) is 1. The summed E-state index contributed by atoms with van der Waals surface area (Å²) in [6.07, 6.45) is 3.56. The first-order valence-corrected chi connectivity index (χ1v) is 8.78. The van der Waals surface area contributed by atoms with Gasteiger partial charge in [0.05, 0.1) is 12.2 Å². The lowest BCUT2D eigenvalue weighted by Gasteiger charge is -2.21. The van der Waals surface area contributed by atoms with Crippen LogP contribution in [0.1, 0.15) is 48.0 Å². The molecular weight excluding hydrogens is 363 g/mol. The van der Waals surface area contributed by atoms with Crippen LogP contribution in [0.4, 0.5) is 13.2 Å². The fourth-order valence-electron chi connectivity index (χ4n) is 2.94. The minimum absolute atomic E-state index is 0.0233. The number of halogens is 3. The second-order valence-corrected chi connectivity index (χ2v) is 6.52. The van der Waals surface area contributed by atoms with Crippen molar-refractivity contribution in [1.29, 1.82) is 0 Å². The van der Waals surface area contributed by atoms with Gasteiger partial charge in [0.15, 0.2) is 0 Å². The van der Waals surface area contributed by atoms with Crippen LogP contribution in [0.5, 0.6) is 5.75 Å². The van der Waals surface area contributed by atoms with Gasteiger partial charge in [0.25, 0.3) is 0 Å². The molecule has 1 amide bonds. The topological polar surface area (TPSA) is 75.6 Å². The van der Waals surface area contributed by atoms with Gasteiger partial charge in [-0.15, -0.1) is 0 Å². The summed E-state index contributed by atoms with van der Waals surface area (Å²) in [5.74, 6) is -2.30. The molecule has 2 N–H and O–H groups in total. The zero-order valence-corrected chi connectivity index (χ0v) is 14.7. The quantitative estimate of drug-likeness (QED) is 0.743. The number of aromatic carboxylic acids is 1. The predicted octanol–water partition coefficient (Wildman–Crippen LogP) is 4.04. The molecule has 0 heterocycles. The van der Waals surface area contributed by atoms with Crippen molar-refractivity contribution in [3.8, 4) is 5.75 Å². The average molecular weight is 385 g/mol. The van der Waals surface area contributed by atoms with Crippen molar-refractivity contribution in [2.75, 3.05) is 13.2 Å². The van der Waals surface area contributed by atoms with E-state index in [9.17, 15) is 27.9 Å². The highest BCUT2D eigenvalue weighted by molar-refractivity contribution is 5.89. The SMILES string of the molecule is O=C(O)c1cc(/C=C\CNC(=O)C(F)(F)F)cc(OCC2CCCCC2)c1. The number of nitrogens with one attached hydrogen (secondary N) is 1. The summed E-state index contributed by atoms with van der Waals surface area (Å²) in [6.45, 7) is 0.182. The molecular formula is C19H22F3NO4. The number of carboxylic acid groups (broad SMARTS) is 1. The van der Waals surface area contributed by atoms with Crippen LogP contribution in [-0.4, -0.2) is 36.3 Å². The van der Waals surface area contributed by atoms with Gasteiger partial charge in [-0.2, -0.15) is 13.2 Å². The molecule has 5 nitrogen and oxygen atoms in total. The Hall–Kier alpha value is -2.51. The molecule has 0 aromatic heterocycles. The number of hydrogen-bond donors (Lipinski definition) is 2. The lowest BCUT2D eigenvalue weighted by atomic mass is 9.90. The maximum atomic E-state index is 12.1. The van der Waals surface area contributed by atoms with Crippen LogP contribution in [0.3, 0.4) is 0 Å². The van der Waals surface area contributed by atoms with E-state index in [1.54, 1.807) is 11.4 Å². The minimum atomic E-state index is -4.93. The van der Waals surface area contributed by atoms with Crippen LogP contribution in [-0.2, 0) is 4.79 Å². The molecule has 0 spiro atoms. The van der Waals surface area contributed by atoms with Crippen LogP contribution in [0.2, 0.25) is 0 Å². The van der Waals surface area contributed by atoms with Crippen LogP contribution >= 0.6 is 0 Å². The molecule has 0 aliphatic heterocycles. The number of carbonyl (C=O) groups is 2. The van der Waals surface area contributed by atoms with Gasteiger partial charge in [-0.05, 0) is 42.5 Å². The van der Waals surface area contributed by atoms with E-state index < -0.39 is 18.1 Å². The van der Waals surface area contributed by atoms with Gasteiger partial charge in [-0.1, -0.05) is 31.4 Å². The number of benzene rings is 1. The Labute approximate surface area is 155 Å². The summed E-state index contributed by atoms with van der Waals surface area (Å²) in [6, 6.07) is 4.43. The first-order valence-electron chi connectivity index (χ1n) is 8.78. The fraction of sp³-hybridized carbons (Fsp3) is 0.474. The summed E-state index contributed by atoms with van der Waals surface area (Å²) >= 11 is 0. The zero-order valence-electron chi connectivity index (χ0n) is 14.7. The Morgan fingerprint density at radius 2 is 1.89 bits per heavy atom. The summed E-state index contributed by atoms with van der Waals surface area (Å²) in [7, 11) is 0. The van der Waals surface area contributed by atoms with Crippen molar-refractivity contribution >= 4 is 18.0 Å². The molecule has 1 aliphatic carbocycles. The van der Waals surface area contributed by atoms with Crippen molar-refractivity contribution in [2.24, 2.45) is 5.92 Å². The molecule has 0 atom stereocenters. The molecule has 27 heavy (non-hydrogen) atoms. The minimum Gasteiger partial charge on any atom is -0.493 e. The van der Waals surface area contributed by atoms with E-state index in [-0.39, 0.29) is 12.1 Å². The van der Waals surface area contributed by atoms with Crippen molar-refractivity contribution < 1.29 is 32.6 Å². The third kappa shape index (κ3) is 6.96. The molecule has 1 aromatic rings. The Balaban J connectivity index is 2.00. The summed E-state index contributed by atoms with van der Waals surface area (Å²) in [5.41, 5.74) is 0.491. The normalized spacial score (nSPS) is 15.7. The van der Waals surface area contributed by atoms with E-state index in [0.717, 1.165) is 12.8 Å². The molecule has 0 unspecified atom stereocenters. The molecule has 0 saturated heterocycles. The van der Waals surface area contributed by atoms with Crippen LogP contribution in [0.15, 0.2) is 24.3 Å². The van der Waals surface area contributed by atoms with Crippen molar-refractivity contribution in [3.05, 3.63) is 35.4 Å². The van der Waals surface area contributed by atoms with Crippen LogP contribution < -0.4 is 10.1 Å². The van der Waals surface area contributed by atoms with Crippen molar-refractivity contribution in [3.63, 3.8) is 0 Å². The van der Waals surface area contributed by atoms with E-state index in [4.69, 9.17) is 4.74 Å². The molecule has 1 fully saturated rings. The summed E-state index contributed by atoms with van der Waals surface area (Å²) in [5, 5.41) is 10.9. The number of rotatable bonds is 7. The van der Waals surface area contributed by atoms with Gasteiger partial charge < -0.3 is 15.2 Å². The fourth-order valence-corrected chi connectivity index (χ4v) is 2.94. The second kappa shape index (κ2) is 9.43. The van der Waals surface area contributed by atoms with Crippen molar-refractivity contribution in [2.45, 2.75) is 38.3 Å². The van der Waals surface area contributed by atoms with Gasteiger partial charge >= 0.3 is 18.1 Å². The largest absolute Gasteiger partial charge is 0.493 e. The Morgan fingerprint density at radius 1 is 1.19 bits per heavy atom. The Bertz CT molecular complexity index is 695. The third-order valence-corrected chi connectivity index (χ3v) is 4.33. The highest BCUT2D eigenvalue weighted by Gasteiger charge is 2.37. The van der Waals surface area contributed by atoms with E-state index in [0.29, 0.717) is 23.8 Å². The number of hydrogen-bond acceptors (Lipinski definition) is 3. The number of alkyl halides is 3. The van der Waals surface area contributed by atoms with Gasteiger partial charge in [0, 0.05) is 6.54 Å². The molecule has 1 aliphatic rings. The maximum Gasteiger partial charge on any atom is 0.471 e. The first kappa shape index (κ1) is 20.8. The summed E-state index contributed by atoms with van der Waals surface area (Å²) in [4.78, 5) is 22.0. The zero-order chi connectivity index (χ0) is 19.9. The number of carbonyl (C=O) groups excluding carboxylic acids is 1. The number of amides is 1. The molecule has 2 rings (SSSR count). The van der Waals surface area contributed by atoms with E-state index in [2.05, 4.69) is 0 Å². The van der Waals surface area contributed by atoms with Gasteiger partial charge in [-0.3, -0.25) is 4.79 Å². The molecule has 1 saturated carbocycles. The van der Waals surface area contributed by atoms with Gasteiger partial charge in [0.2, 0.25) is 0 Å². The average Bonchev–Trinajstić information content (AvgIpc) is 2.63. The van der Waals surface area contributed by atoms with E-state index >= 15 is 0 Å². The Morgan fingerprint density at radius 3 is 2.52 bits per heavy atom. The molecule has 1 aromatic carbocycles. The Kier molecular flexibility index (Phi) is 7.27. The van der Waals surface area contributed by atoms with Gasteiger partial charge in [-0.25, -0.2) is 4.79 Å². The standard InChI is InChI=1S/C19H22F3NO4/c20-19(21,22)18(26)23-8-4-7-14-9-15(17(24)25)11-16(10-14)27-12-13-5-2-1-3-6-13/h4,7,9-11,13H,1-3,5-6,8,12H2,(H,23,26)(H,24,25)/b7-4-. The first-order chi connectivity index (χ1) is 12.8. The lowest BCUT2D eigenvalue weighted by Crippen LogP contribution is -2.36. The molecule has 0 bridgehead atoms. The van der Waals surface area contributed by atoms with Crippen LogP contribution in [0, 0.1) is 5.92 Å². The number of carboxylic acids is 1. The molecule has 8 heteroatoms. The van der Waals surface area contributed by atoms with Gasteiger partial charge in [0.1, 0.15) is 5.75 Å². The summed E-state index contributed by atoms with van der Waals surface area (Å²) < 4.78 is 42.1. The lowest BCUT2D eigenvalue weighted by molar-refractivity contribution is -0.173. The molecule has 0 radical (unpaired) electrons. The maximum absolute atomic E-state index is 12.1. The second-order valence-electron chi connectivity index (χ2n) is 6.52. The van der Waals surface area contributed by atoms with E-state index in [1.165, 1.54) is 43.5 Å². The van der Waals surface area contributed by atoms with Crippen molar-refractivity contribution in [1.82, 2.24) is 5.32 Å². The van der Waals surface area contributed by atoms with E-state index in [1.807, 2.05) is 0 Å². The highest BCUT2D eigenvalue weighted by atomic mass is 19.4. The smallest absolute Gasteiger partial charge is 0.471 e. The third-order valence-electron chi connectivity index (χ3n) is 4.33. The molecule has 148 valence electrons. The van der Waals surface area contributed by atoms with Crippen LogP contribution in [0.25, 0.3) is 6.08 Å². The predicted molar refractivity (Wildman–Crippen MR) is 93.6 cm³/mol. The highest BCUT2D eigenvalue weighted by Crippen LogP contribution is 2.26. The monoisotopic (exact) mass is 385 g/mol.